The molecule has 0 saturated carbocycles. The molecule has 0 saturated heterocycles. The number of ether oxygens (including phenoxy) is 1. The van der Waals surface area contributed by atoms with E-state index in [0.29, 0.717) is 12.6 Å². The molecule has 1 atom stereocenters. The molecule has 1 heterocycles. The van der Waals surface area contributed by atoms with Crippen molar-refractivity contribution >= 4 is 11.0 Å². The Kier molecular flexibility index (Phi) is 5.13. The monoisotopic (exact) mass is 325 g/mol. The number of imidazole rings is 1. The number of aromatic nitrogens is 2. The molecule has 1 unspecified atom stereocenters. The van der Waals surface area contributed by atoms with E-state index < -0.39 is 6.10 Å². The molecule has 3 N–H and O–H groups in total. The van der Waals surface area contributed by atoms with Crippen LogP contribution in [0.15, 0.2) is 48.5 Å². The van der Waals surface area contributed by atoms with Gasteiger partial charge in [-0.05, 0) is 36.4 Å². The van der Waals surface area contributed by atoms with Gasteiger partial charge in [-0.3, -0.25) is 0 Å². The van der Waals surface area contributed by atoms with Crippen LogP contribution in [0, 0.1) is 0 Å². The van der Waals surface area contributed by atoms with Crippen molar-refractivity contribution in [1.82, 2.24) is 15.3 Å². The molecule has 0 fully saturated rings. The molecule has 0 aliphatic heterocycles. The van der Waals surface area contributed by atoms with E-state index in [-0.39, 0.29) is 6.61 Å². The first-order valence-electron chi connectivity index (χ1n) is 8.21. The third kappa shape index (κ3) is 4.13. The van der Waals surface area contributed by atoms with Crippen molar-refractivity contribution in [3.05, 3.63) is 48.5 Å². The van der Waals surface area contributed by atoms with Crippen molar-refractivity contribution in [1.29, 1.82) is 0 Å². The molecule has 0 aliphatic rings. The first-order chi connectivity index (χ1) is 11.6. The molecule has 1 aromatic heterocycles. The fourth-order valence-electron chi connectivity index (χ4n) is 2.42. The number of nitrogens with one attached hydrogen (secondary N) is 2. The van der Waals surface area contributed by atoms with E-state index in [1.54, 1.807) is 0 Å². The molecule has 3 aromatic rings. The summed E-state index contributed by atoms with van der Waals surface area (Å²) in [6, 6.07) is 16.0. The Morgan fingerprint density at radius 2 is 1.88 bits per heavy atom. The summed E-state index contributed by atoms with van der Waals surface area (Å²) in [7, 11) is 0. The lowest BCUT2D eigenvalue weighted by Crippen LogP contribution is -2.35. The normalized spacial score (nSPS) is 12.7. The van der Waals surface area contributed by atoms with Crippen LogP contribution in [0.25, 0.3) is 22.4 Å². The standard InChI is InChI=1S/C19H23N3O2/c1-13(2)20-11-15(23)12-24-16-9-7-14(8-10-16)19-21-17-5-3-4-6-18(17)22-19/h3-10,13,15,20,23H,11-12H2,1-2H3,(H,21,22). The van der Waals surface area contributed by atoms with E-state index in [9.17, 15) is 5.11 Å². The van der Waals surface area contributed by atoms with Gasteiger partial charge in [0, 0.05) is 18.2 Å². The summed E-state index contributed by atoms with van der Waals surface area (Å²) in [5.74, 6) is 1.57. The molecule has 5 nitrogen and oxygen atoms in total. The highest BCUT2D eigenvalue weighted by atomic mass is 16.5. The number of hydrogen-bond donors (Lipinski definition) is 3. The maximum absolute atomic E-state index is 9.87. The van der Waals surface area contributed by atoms with Gasteiger partial charge in [-0.25, -0.2) is 4.98 Å². The molecular formula is C19H23N3O2. The van der Waals surface area contributed by atoms with Gasteiger partial charge in [-0.2, -0.15) is 0 Å². The second kappa shape index (κ2) is 7.47. The lowest BCUT2D eigenvalue weighted by Gasteiger charge is -2.15. The summed E-state index contributed by atoms with van der Waals surface area (Å²) in [5.41, 5.74) is 2.97. The lowest BCUT2D eigenvalue weighted by atomic mass is 10.2. The maximum atomic E-state index is 9.87. The number of rotatable bonds is 7. The zero-order valence-electron chi connectivity index (χ0n) is 14.0. The average molecular weight is 325 g/mol. The molecule has 5 heteroatoms. The summed E-state index contributed by atoms with van der Waals surface area (Å²) < 4.78 is 5.63. The molecule has 2 aromatic carbocycles. The van der Waals surface area contributed by atoms with E-state index >= 15 is 0 Å². The number of aliphatic hydroxyl groups is 1. The summed E-state index contributed by atoms with van der Waals surface area (Å²) in [4.78, 5) is 7.89. The Labute approximate surface area is 141 Å². The third-order valence-electron chi connectivity index (χ3n) is 3.72. The first-order valence-corrected chi connectivity index (χ1v) is 8.21. The molecular weight excluding hydrogens is 302 g/mol. The second-order valence-electron chi connectivity index (χ2n) is 6.15. The average Bonchev–Trinajstić information content (AvgIpc) is 3.02. The van der Waals surface area contributed by atoms with Crippen molar-refractivity contribution in [3.63, 3.8) is 0 Å². The highest BCUT2D eigenvalue weighted by molar-refractivity contribution is 5.79. The predicted octanol–water partition coefficient (Wildman–Crippen LogP) is 2.97. The van der Waals surface area contributed by atoms with Crippen LogP contribution in [0.2, 0.25) is 0 Å². The Hall–Kier alpha value is -2.37. The summed E-state index contributed by atoms with van der Waals surface area (Å²) in [5, 5.41) is 13.1. The van der Waals surface area contributed by atoms with Crippen LogP contribution in [-0.2, 0) is 0 Å². The Morgan fingerprint density at radius 1 is 1.12 bits per heavy atom. The van der Waals surface area contributed by atoms with Crippen LogP contribution in [0.1, 0.15) is 13.8 Å². The van der Waals surface area contributed by atoms with Gasteiger partial charge in [0.05, 0.1) is 11.0 Å². The largest absolute Gasteiger partial charge is 0.491 e. The van der Waals surface area contributed by atoms with Gasteiger partial charge in [0.2, 0.25) is 0 Å². The minimum absolute atomic E-state index is 0.268. The molecule has 0 spiro atoms. The number of fused-ring (bicyclic) bond motifs is 1. The van der Waals surface area contributed by atoms with Gasteiger partial charge in [-0.15, -0.1) is 0 Å². The summed E-state index contributed by atoms with van der Waals surface area (Å²) >= 11 is 0. The van der Waals surface area contributed by atoms with Gasteiger partial charge in [0.15, 0.2) is 0 Å². The zero-order chi connectivity index (χ0) is 16.9. The van der Waals surface area contributed by atoms with Crippen molar-refractivity contribution in [2.24, 2.45) is 0 Å². The van der Waals surface area contributed by atoms with Crippen molar-refractivity contribution in [2.45, 2.75) is 26.0 Å². The van der Waals surface area contributed by atoms with E-state index in [1.165, 1.54) is 0 Å². The van der Waals surface area contributed by atoms with Crippen molar-refractivity contribution in [2.75, 3.05) is 13.2 Å². The fourth-order valence-corrected chi connectivity index (χ4v) is 2.42. The Morgan fingerprint density at radius 3 is 2.58 bits per heavy atom. The number of H-pyrrole nitrogens is 1. The molecule has 126 valence electrons. The van der Waals surface area contributed by atoms with Gasteiger partial charge in [0.25, 0.3) is 0 Å². The SMILES string of the molecule is CC(C)NCC(O)COc1ccc(-c2nc3ccccc3[nH]2)cc1. The number of aliphatic hydroxyl groups excluding tert-OH is 1. The highest BCUT2D eigenvalue weighted by Gasteiger charge is 2.07. The number of para-hydroxylation sites is 2. The van der Waals surface area contributed by atoms with Crippen LogP contribution in [0.4, 0.5) is 0 Å². The van der Waals surface area contributed by atoms with Gasteiger partial charge in [0.1, 0.15) is 24.3 Å². The maximum Gasteiger partial charge on any atom is 0.138 e. The third-order valence-corrected chi connectivity index (χ3v) is 3.72. The lowest BCUT2D eigenvalue weighted by molar-refractivity contribution is 0.104. The summed E-state index contributed by atoms with van der Waals surface area (Å²) in [6.07, 6.45) is -0.526. The zero-order valence-corrected chi connectivity index (χ0v) is 14.0. The molecule has 0 radical (unpaired) electrons. The van der Waals surface area contributed by atoms with E-state index in [4.69, 9.17) is 4.74 Å². The Balaban J connectivity index is 1.61. The summed E-state index contributed by atoms with van der Waals surface area (Å²) in [6.45, 7) is 4.88. The first kappa shape index (κ1) is 16.5. The minimum Gasteiger partial charge on any atom is -0.491 e. The van der Waals surface area contributed by atoms with Gasteiger partial charge in [-0.1, -0.05) is 26.0 Å². The molecule has 0 bridgehead atoms. The number of aromatic amines is 1. The molecule has 0 amide bonds. The molecule has 3 rings (SSSR count). The molecule has 24 heavy (non-hydrogen) atoms. The quantitative estimate of drug-likeness (QED) is 0.624. The van der Waals surface area contributed by atoms with Crippen LogP contribution in [0.5, 0.6) is 5.75 Å². The van der Waals surface area contributed by atoms with Crippen LogP contribution in [-0.4, -0.2) is 40.4 Å². The molecule has 0 aliphatic carbocycles. The second-order valence-corrected chi connectivity index (χ2v) is 6.15. The van der Waals surface area contributed by atoms with Crippen molar-refractivity contribution < 1.29 is 9.84 Å². The fraction of sp³-hybridized carbons (Fsp3) is 0.316. The minimum atomic E-state index is -0.526. The van der Waals surface area contributed by atoms with Crippen LogP contribution >= 0.6 is 0 Å². The van der Waals surface area contributed by atoms with Crippen LogP contribution < -0.4 is 10.1 Å². The van der Waals surface area contributed by atoms with E-state index in [1.807, 2.05) is 62.4 Å². The van der Waals surface area contributed by atoms with Crippen LogP contribution in [0.3, 0.4) is 0 Å². The van der Waals surface area contributed by atoms with Gasteiger partial charge >= 0.3 is 0 Å². The topological polar surface area (TPSA) is 70.2 Å². The highest BCUT2D eigenvalue weighted by Crippen LogP contribution is 2.22. The van der Waals surface area contributed by atoms with E-state index in [0.717, 1.165) is 28.2 Å². The number of nitrogens with zero attached hydrogens (tertiary/aromatic N) is 1. The predicted molar refractivity (Wildman–Crippen MR) is 96.2 cm³/mol. The number of hydrogen-bond acceptors (Lipinski definition) is 4. The number of benzene rings is 2. The van der Waals surface area contributed by atoms with Gasteiger partial charge < -0.3 is 20.1 Å². The Bertz CT molecular complexity index is 748. The van der Waals surface area contributed by atoms with E-state index in [2.05, 4.69) is 15.3 Å². The van der Waals surface area contributed by atoms with Crippen molar-refractivity contribution in [3.8, 4) is 17.1 Å². The smallest absolute Gasteiger partial charge is 0.138 e.